The molecule has 0 unspecified atom stereocenters. The molecule has 0 atom stereocenters. The van der Waals surface area contributed by atoms with Gasteiger partial charge in [-0.25, -0.2) is 13.2 Å². The van der Waals surface area contributed by atoms with Crippen LogP contribution in [0, 0.1) is 10.1 Å². The van der Waals surface area contributed by atoms with Crippen molar-refractivity contribution in [2.24, 2.45) is 0 Å². The minimum atomic E-state index is -3.79. The molecule has 170 valence electrons. The van der Waals surface area contributed by atoms with Gasteiger partial charge in [-0.2, -0.15) is 0 Å². The summed E-state index contributed by atoms with van der Waals surface area (Å²) in [5.74, 6) is -0.0828. The molecule has 0 radical (unpaired) electrons. The van der Waals surface area contributed by atoms with E-state index in [0.29, 0.717) is 17.0 Å². The maximum Gasteiger partial charge on any atom is 0.331 e. The highest BCUT2D eigenvalue weighted by Crippen LogP contribution is 2.20. The summed E-state index contributed by atoms with van der Waals surface area (Å²) in [4.78, 5) is 22.5. The molecule has 3 aromatic carbocycles. The number of benzene rings is 3. The summed E-state index contributed by atoms with van der Waals surface area (Å²) >= 11 is 0. The predicted molar refractivity (Wildman–Crippen MR) is 122 cm³/mol. The van der Waals surface area contributed by atoms with Crippen LogP contribution < -0.4 is 9.46 Å². The predicted octanol–water partition coefficient (Wildman–Crippen LogP) is 4.16. The standard InChI is InChI=1S/C23H20N2O7S/c1-31-20-11-9-19(10-12-20)24-33(29,30)21-13-6-17(7-14-21)8-15-23(26)32-16-18-4-2-3-5-22(18)25(27)28/h2-15,24H,16H2,1H3/b15-8+. The van der Waals surface area contributed by atoms with Gasteiger partial charge >= 0.3 is 5.97 Å². The lowest BCUT2D eigenvalue weighted by atomic mass is 10.2. The first-order valence-electron chi connectivity index (χ1n) is 9.62. The van der Waals surface area contributed by atoms with E-state index in [-0.39, 0.29) is 22.8 Å². The van der Waals surface area contributed by atoms with Crippen LogP contribution in [0.1, 0.15) is 11.1 Å². The number of para-hydroxylation sites is 1. The Kier molecular flexibility index (Phi) is 7.42. The van der Waals surface area contributed by atoms with E-state index in [4.69, 9.17) is 9.47 Å². The second-order valence-corrected chi connectivity index (χ2v) is 8.41. The van der Waals surface area contributed by atoms with Gasteiger partial charge in [0.1, 0.15) is 12.4 Å². The quantitative estimate of drug-likeness (QED) is 0.216. The molecule has 0 fully saturated rings. The molecule has 0 bridgehead atoms. The Morgan fingerprint density at radius 1 is 1.03 bits per heavy atom. The summed E-state index contributed by atoms with van der Waals surface area (Å²) in [6, 6.07) is 18.3. The zero-order valence-electron chi connectivity index (χ0n) is 17.5. The molecule has 33 heavy (non-hydrogen) atoms. The van der Waals surface area contributed by atoms with E-state index in [1.165, 1.54) is 55.7 Å². The van der Waals surface area contributed by atoms with E-state index in [9.17, 15) is 23.3 Å². The van der Waals surface area contributed by atoms with Gasteiger partial charge in [0.25, 0.3) is 15.7 Å². The molecule has 0 aliphatic rings. The van der Waals surface area contributed by atoms with Crippen molar-refractivity contribution < 1.29 is 27.6 Å². The lowest BCUT2D eigenvalue weighted by Gasteiger charge is -2.09. The van der Waals surface area contributed by atoms with Crippen LogP contribution >= 0.6 is 0 Å². The summed E-state index contributed by atoms with van der Waals surface area (Å²) in [6.45, 7) is -0.242. The van der Waals surface area contributed by atoms with Crippen molar-refractivity contribution in [3.05, 3.63) is 100 Å². The first-order chi connectivity index (χ1) is 15.8. The van der Waals surface area contributed by atoms with Crippen molar-refractivity contribution in [3.8, 4) is 5.75 Å². The van der Waals surface area contributed by atoms with Crippen molar-refractivity contribution in [3.63, 3.8) is 0 Å². The fraction of sp³-hybridized carbons (Fsp3) is 0.0870. The second-order valence-electron chi connectivity index (χ2n) is 6.73. The molecule has 10 heteroatoms. The summed E-state index contributed by atoms with van der Waals surface area (Å²) < 4.78 is 37.7. The molecular formula is C23H20N2O7S. The van der Waals surface area contributed by atoms with Crippen LogP contribution in [0.3, 0.4) is 0 Å². The third-order valence-corrected chi connectivity index (χ3v) is 5.90. The first kappa shape index (κ1) is 23.5. The number of hydrogen-bond acceptors (Lipinski definition) is 7. The van der Waals surface area contributed by atoms with E-state index < -0.39 is 20.9 Å². The van der Waals surface area contributed by atoms with Crippen molar-refractivity contribution in [1.29, 1.82) is 0 Å². The van der Waals surface area contributed by atoms with E-state index in [1.54, 1.807) is 30.3 Å². The SMILES string of the molecule is COc1ccc(NS(=O)(=O)c2ccc(/C=C/C(=O)OCc3ccccc3[N+](=O)[O-])cc2)cc1. The lowest BCUT2D eigenvalue weighted by Crippen LogP contribution is -2.12. The van der Waals surface area contributed by atoms with Crippen LogP contribution in [0.4, 0.5) is 11.4 Å². The van der Waals surface area contributed by atoms with Gasteiger partial charge in [-0.1, -0.05) is 24.3 Å². The van der Waals surface area contributed by atoms with Crippen LogP contribution in [0.2, 0.25) is 0 Å². The number of esters is 1. The minimum absolute atomic E-state index is 0.0504. The molecule has 0 aromatic heterocycles. The summed E-state index contributed by atoms with van der Waals surface area (Å²) in [5.41, 5.74) is 1.11. The Hall–Kier alpha value is -4.18. The number of nitrogens with one attached hydrogen (secondary N) is 1. The lowest BCUT2D eigenvalue weighted by molar-refractivity contribution is -0.385. The maximum atomic E-state index is 12.5. The Morgan fingerprint density at radius 3 is 2.33 bits per heavy atom. The number of methoxy groups -OCH3 is 1. The van der Waals surface area contributed by atoms with Gasteiger partial charge in [-0.15, -0.1) is 0 Å². The largest absolute Gasteiger partial charge is 0.497 e. The molecule has 3 rings (SSSR count). The molecule has 0 aliphatic carbocycles. The highest BCUT2D eigenvalue weighted by molar-refractivity contribution is 7.92. The Bertz CT molecular complexity index is 1270. The summed E-state index contributed by atoms with van der Waals surface area (Å²) in [7, 11) is -2.27. The molecule has 3 aromatic rings. The zero-order chi connectivity index (χ0) is 23.8. The Balaban J connectivity index is 1.60. The number of nitro groups is 1. The number of carbonyl (C=O) groups excluding carboxylic acids is 1. The van der Waals surface area contributed by atoms with Gasteiger partial charge < -0.3 is 9.47 Å². The van der Waals surface area contributed by atoms with Crippen LogP contribution in [0.5, 0.6) is 5.75 Å². The molecule has 0 saturated carbocycles. The number of hydrogen-bond donors (Lipinski definition) is 1. The number of nitro benzene ring substituents is 1. The smallest absolute Gasteiger partial charge is 0.331 e. The van der Waals surface area contributed by atoms with Gasteiger partial charge in [0.05, 0.1) is 22.5 Å². The van der Waals surface area contributed by atoms with Gasteiger partial charge in [0.2, 0.25) is 0 Å². The summed E-state index contributed by atoms with van der Waals surface area (Å²) in [5, 5.41) is 11.0. The number of ether oxygens (including phenoxy) is 2. The zero-order valence-corrected chi connectivity index (χ0v) is 18.3. The van der Waals surface area contributed by atoms with Crippen molar-refractivity contribution >= 4 is 33.4 Å². The highest BCUT2D eigenvalue weighted by atomic mass is 32.2. The van der Waals surface area contributed by atoms with E-state index in [1.807, 2.05) is 0 Å². The molecular weight excluding hydrogens is 448 g/mol. The maximum absolute atomic E-state index is 12.5. The fourth-order valence-corrected chi connectivity index (χ4v) is 3.86. The average molecular weight is 468 g/mol. The van der Waals surface area contributed by atoms with Crippen molar-refractivity contribution in [1.82, 2.24) is 0 Å². The van der Waals surface area contributed by atoms with Gasteiger partial charge in [0.15, 0.2) is 0 Å². The molecule has 0 spiro atoms. The van der Waals surface area contributed by atoms with Gasteiger partial charge in [-0.3, -0.25) is 14.8 Å². The van der Waals surface area contributed by atoms with Crippen LogP contribution in [-0.2, 0) is 26.2 Å². The van der Waals surface area contributed by atoms with E-state index in [0.717, 1.165) is 6.08 Å². The number of nitrogens with zero attached hydrogens (tertiary/aromatic N) is 1. The molecule has 0 aliphatic heterocycles. The monoisotopic (exact) mass is 468 g/mol. The van der Waals surface area contributed by atoms with Gasteiger partial charge in [-0.05, 0) is 54.1 Å². The molecule has 0 amide bonds. The molecule has 0 heterocycles. The van der Waals surface area contributed by atoms with Gasteiger partial charge in [0, 0.05) is 17.8 Å². The Morgan fingerprint density at radius 2 is 1.70 bits per heavy atom. The number of rotatable bonds is 9. The molecule has 0 saturated heterocycles. The topological polar surface area (TPSA) is 125 Å². The average Bonchev–Trinajstić information content (AvgIpc) is 2.82. The Labute approximate surface area is 190 Å². The normalized spacial score (nSPS) is 11.2. The molecule has 1 N–H and O–H groups in total. The number of sulfonamides is 1. The van der Waals surface area contributed by atoms with E-state index >= 15 is 0 Å². The van der Waals surface area contributed by atoms with Crippen LogP contribution in [0.25, 0.3) is 6.08 Å². The molecule has 9 nitrogen and oxygen atoms in total. The third kappa shape index (κ3) is 6.40. The summed E-state index contributed by atoms with van der Waals surface area (Å²) in [6.07, 6.45) is 2.61. The van der Waals surface area contributed by atoms with E-state index in [2.05, 4.69) is 4.72 Å². The van der Waals surface area contributed by atoms with Crippen LogP contribution in [-0.4, -0.2) is 26.4 Å². The van der Waals surface area contributed by atoms with Crippen molar-refractivity contribution in [2.45, 2.75) is 11.5 Å². The van der Waals surface area contributed by atoms with Crippen molar-refractivity contribution in [2.75, 3.05) is 11.8 Å². The third-order valence-electron chi connectivity index (χ3n) is 4.50. The second kappa shape index (κ2) is 10.4. The number of carbonyl (C=O) groups is 1. The fourth-order valence-electron chi connectivity index (χ4n) is 2.80. The highest BCUT2D eigenvalue weighted by Gasteiger charge is 2.15. The van der Waals surface area contributed by atoms with Crippen LogP contribution in [0.15, 0.2) is 83.8 Å². The minimum Gasteiger partial charge on any atom is -0.497 e. The number of anilines is 1. The first-order valence-corrected chi connectivity index (χ1v) is 11.1.